The van der Waals surface area contributed by atoms with E-state index in [1.165, 1.54) is 11.1 Å². The molecule has 2 aliphatic rings. The molecule has 3 amide bonds. The number of benzene rings is 2. The van der Waals surface area contributed by atoms with E-state index in [2.05, 4.69) is 10.6 Å². The van der Waals surface area contributed by atoms with E-state index in [1.54, 1.807) is 29.2 Å². The minimum atomic E-state index is -0.461. The number of hydrogen-bond donors (Lipinski definition) is 3. The second-order valence-corrected chi connectivity index (χ2v) is 7.21. The average Bonchev–Trinajstić information content (AvgIpc) is 3.28. The van der Waals surface area contributed by atoms with E-state index in [0.29, 0.717) is 24.3 Å². The molecular weight excluding hydrogens is 342 g/mol. The number of urea groups is 1. The molecule has 1 heterocycles. The van der Waals surface area contributed by atoms with Crippen LogP contribution in [0.5, 0.6) is 0 Å². The lowest BCUT2D eigenvalue weighted by molar-refractivity contribution is 0.0873. The summed E-state index contributed by atoms with van der Waals surface area (Å²) in [5.41, 5.74) is 3.51. The summed E-state index contributed by atoms with van der Waals surface area (Å²) in [6.07, 6.45) is 2.00. The zero-order chi connectivity index (χ0) is 18.8. The molecule has 1 aliphatic heterocycles. The fraction of sp³-hybridized carbons (Fsp3) is 0.333. The van der Waals surface area contributed by atoms with Crippen LogP contribution in [0.25, 0.3) is 0 Å². The third-order valence-corrected chi connectivity index (χ3v) is 5.32. The van der Waals surface area contributed by atoms with E-state index in [-0.39, 0.29) is 18.0 Å². The molecule has 0 aromatic heterocycles. The zero-order valence-corrected chi connectivity index (χ0v) is 15.0. The summed E-state index contributed by atoms with van der Waals surface area (Å²) in [5.74, 6) is -0.200. The smallest absolute Gasteiger partial charge is 0.322 e. The molecule has 1 fully saturated rings. The van der Waals surface area contributed by atoms with Crippen LogP contribution in [0.1, 0.15) is 40.7 Å². The maximum atomic E-state index is 12.5. The molecule has 3 N–H and O–H groups in total. The van der Waals surface area contributed by atoms with Crippen LogP contribution >= 0.6 is 0 Å². The Hall–Kier alpha value is -2.86. The largest absolute Gasteiger partial charge is 0.391 e. The molecule has 0 spiro atoms. The minimum Gasteiger partial charge on any atom is -0.391 e. The normalized spacial score (nSPS) is 21.0. The first-order valence-electron chi connectivity index (χ1n) is 9.32. The number of aliphatic hydroxyl groups is 1. The molecule has 27 heavy (non-hydrogen) atoms. The van der Waals surface area contributed by atoms with Crippen LogP contribution in [0.2, 0.25) is 0 Å². The lowest BCUT2D eigenvalue weighted by Crippen LogP contribution is -2.39. The number of aliphatic hydroxyl groups excluding tert-OH is 1. The van der Waals surface area contributed by atoms with Crippen molar-refractivity contribution in [2.45, 2.75) is 44.5 Å². The Morgan fingerprint density at radius 2 is 1.63 bits per heavy atom. The van der Waals surface area contributed by atoms with E-state index in [1.807, 2.05) is 24.3 Å². The van der Waals surface area contributed by atoms with Gasteiger partial charge >= 0.3 is 6.03 Å². The van der Waals surface area contributed by atoms with E-state index >= 15 is 0 Å². The van der Waals surface area contributed by atoms with Gasteiger partial charge in [-0.15, -0.1) is 0 Å². The number of nitrogens with one attached hydrogen (secondary N) is 2. The maximum absolute atomic E-state index is 12.5. The van der Waals surface area contributed by atoms with Crippen molar-refractivity contribution in [1.82, 2.24) is 10.2 Å². The van der Waals surface area contributed by atoms with Crippen LogP contribution in [0.15, 0.2) is 48.5 Å². The van der Waals surface area contributed by atoms with Gasteiger partial charge in [0.2, 0.25) is 0 Å². The van der Waals surface area contributed by atoms with Crippen LogP contribution in [0.4, 0.5) is 10.5 Å². The Labute approximate surface area is 158 Å². The van der Waals surface area contributed by atoms with Gasteiger partial charge in [-0.1, -0.05) is 24.3 Å². The second-order valence-electron chi connectivity index (χ2n) is 7.21. The Morgan fingerprint density at radius 1 is 0.963 bits per heavy atom. The highest BCUT2D eigenvalue weighted by Crippen LogP contribution is 2.23. The molecule has 0 saturated heterocycles. The van der Waals surface area contributed by atoms with Gasteiger partial charge in [0, 0.05) is 24.3 Å². The molecule has 6 heteroatoms. The van der Waals surface area contributed by atoms with Crippen molar-refractivity contribution >= 4 is 17.6 Å². The summed E-state index contributed by atoms with van der Waals surface area (Å²) < 4.78 is 0. The molecule has 1 aliphatic carbocycles. The highest BCUT2D eigenvalue weighted by molar-refractivity contribution is 5.95. The van der Waals surface area contributed by atoms with Crippen molar-refractivity contribution in [2.75, 3.05) is 5.32 Å². The molecular formula is C21H23N3O3. The molecule has 4 rings (SSSR count). The van der Waals surface area contributed by atoms with E-state index in [0.717, 1.165) is 19.3 Å². The Morgan fingerprint density at radius 3 is 2.22 bits per heavy atom. The van der Waals surface area contributed by atoms with Crippen LogP contribution in [-0.4, -0.2) is 34.1 Å². The SMILES string of the molecule is O=C(N[C@H]1CCC[C@H]1O)c1ccc(NC(=O)N2Cc3ccccc3C2)cc1. The van der Waals surface area contributed by atoms with Crippen molar-refractivity contribution in [3.63, 3.8) is 0 Å². The van der Waals surface area contributed by atoms with Gasteiger partial charge in [0.15, 0.2) is 0 Å². The Bertz CT molecular complexity index is 825. The van der Waals surface area contributed by atoms with Crippen molar-refractivity contribution in [1.29, 1.82) is 0 Å². The van der Waals surface area contributed by atoms with Gasteiger partial charge in [0.1, 0.15) is 0 Å². The average molecular weight is 365 g/mol. The number of rotatable bonds is 3. The van der Waals surface area contributed by atoms with Crippen molar-refractivity contribution in [3.05, 3.63) is 65.2 Å². The van der Waals surface area contributed by atoms with Gasteiger partial charge in [0.25, 0.3) is 5.91 Å². The molecule has 2 atom stereocenters. The summed E-state index contributed by atoms with van der Waals surface area (Å²) in [4.78, 5) is 26.5. The number of carbonyl (C=O) groups excluding carboxylic acids is 2. The summed E-state index contributed by atoms with van der Waals surface area (Å²) in [7, 11) is 0. The third-order valence-electron chi connectivity index (χ3n) is 5.32. The molecule has 0 unspecified atom stereocenters. The number of amides is 3. The third kappa shape index (κ3) is 3.80. The van der Waals surface area contributed by atoms with Gasteiger partial charge in [-0.3, -0.25) is 4.79 Å². The van der Waals surface area contributed by atoms with E-state index in [4.69, 9.17) is 0 Å². The topological polar surface area (TPSA) is 81.7 Å². The molecule has 1 saturated carbocycles. The maximum Gasteiger partial charge on any atom is 0.322 e. The molecule has 0 bridgehead atoms. The molecule has 140 valence electrons. The fourth-order valence-corrected chi connectivity index (χ4v) is 3.74. The highest BCUT2D eigenvalue weighted by Gasteiger charge is 2.27. The molecule has 0 radical (unpaired) electrons. The van der Waals surface area contributed by atoms with Gasteiger partial charge in [-0.2, -0.15) is 0 Å². The quantitative estimate of drug-likeness (QED) is 0.782. The lowest BCUT2D eigenvalue weighted by atomic mass is 10.1. The summed E-state index contributed by atoms with van der Waals surface area (Å²) in [6, 6.07) is 14.5. The molecule has 6 nitrogen and oxygen atoms in total. The number of anilines is 1. The predicted octanol–water partition coefficient (Wildman–Crippen LogP) is 2.88. The van der Waals surface area contributed by atoms with Crippen LogP contribution in [-0.2, 0) is 13.1 Å². The van der Waals surface area contributed by atoms with Crippen molar-refractivity contribution in [3.8, 4) is 0 Å². The Balaban J connectivity index is 1.34. The summed E-state index contributed by atoms with van der Waals surface area (Å²) in [5, 5.41) is 15.6. The number of hydrogen-bond acceptors (Lipinski definition) is 3. The van der Waals surface area contributed by atoms with Gasteiger partial charge in [-0.05, 0) is 54.7 Å². The van der Waals surface area contributed by atoms with Crippen molar-refractivity contribution in [2.24, 2.45) is 0 Å². The van der Waals surface area contributed by atoms with Crippen molar-refractivity contribution < 1.29 is 14.7 Å². The van der Waals surface area contributed by atoms with Crippen LogP contribution in [0, 0.1) is 0 Å². The van der Waals surface area contributed by atoms with Crippen LogP contribution < -0.4 is 10.6 Å². The van der Waals surface area contributed by atoms with Gasteiger partial charge in [-0.25, -0.2) is 4.79 Å². The number of nitrogens with zero attached hydrogens (tertiary/aromatic N) is 1. The first kappa shape index (κ1) is 17.5. The van der Waals surface area contributed by atoms with Gasteiger partial charge in [0.05, 0.1) is 12.1 Å². The second kappa shape index (κ2) is 7.40. The Kier molecular flexibility index (Phi) is 4.81. The monoisotopic (exact) mass is 365 g/mol. The molecule has 2 aromatic carbocycles. The lowest BCUT2D eigenvalue weighted by Gasteiger charge is -2.17. The van der Waals surface area contributed by atoms with E-state index in [9.17, 15) is 14.7 Å². The summed E-state index contributed by atoms with van der Waals surface area (Å²) >= 11 is 0. The standard InChI is InChI=1S/C21H23N3O3/c25-19-7-3-6-18(19)23-20(26)14-8-10-17(11-9-14)22-21(27)24-12-15-4-1-2-5-16(15)13-24/h1-2,4-5,8-11,18-19,25H,3,6-7,12-13H2,(H,22,27)(H,23,26)/t18-,19+/m0/s1. The van der Waals surface area contributed by atoms with E-state index < -0.39 is 6.10 Å². The fourth-order valence-electron chi connectivity index (χ4n) is 3.74. The van der Waals surface area contributed by atoms with Crippen LogP contribution in [0.3, 0.4) is 0 Å². The molecule has 2 aromatic rings. The predicted molar refractivity (Wildman–Crippen MR) is 102 cm³/mol. The first-order valence-corrected chi connectivity index (χ1v) is 9.32. The minimum absolute atomic E-state index is 0.155. The number of fused-ring (bicyclic) bond motifs is 1. The first-order chi connectivity index (χ1) is 13.1. The summed E-state index contributed by atoms with van der Waals surface area (Å²) in [6.45, 7) is 1.21. The highest BCUT2D eigenvalue weighted by atomic mass is 16.3. The van der Waals surface area contributed by atoms with Gasteiger partial charge < -0.3 is 20.6 Å². The zero-order valence-electron chi connectivity index (χ0n) is 15.0. The number of carbonyl (C=O) groups is 2.